The van der Waals surface area contributed by atoms with E-state index in [1.54, 1.807) is 12.1 Å². The maximum atomic E-state index is 13.8. The van der Waals surface area contributed by atoms with Gasteiger partial charge in [-0.3, -0.25) is 0 Å². The van der Waals surface area contributed by atoms with Gasteiger partial charge in [0.1, 0.15) is 16.8 Å². The van der Waals surface area contributed by atoms with Crippen molar-refractivity contribution in [2.75, 3.05) is 13.1 Å². The Kier molecular flexibility index (Phi) is 4.53. The molecule has 1 unspecified atom stereocenters. The van der Waals surface area contributed by atoms with Gasteiger partial charge in [-0.1, -0.05) is 12.1 Å². The van der Waals surface area contributed by atoms with Crippen molar-refractivity contribution >= 4 is 10.0 Å². The number of benzene rings is 1. The summed E-state index contributed by atoms with van der Waals surface area (Å²) in [6.45, 7) is 0.504. The van der Waals surface area contributed by atoms with Crippen LogP contribution in [-0.4, -0.2) is 42.1 Å². The zero-order valence-corrected chi connectivity index (χ0v) is 13.1. The molecule has 2 heterocycles. The van der Waals surface area contributed by atoms with E-state index in [0.717, 1.165) is 6.07 Å². The molecule has 1 aromatic carbocycles. The molecule has 8 heteroatoms. The van der Waals surface area contributed by atoms with Crippen LogP contribution in [0.1, 0.15) is 12.8 Å². The van der Waals surface area contributed by atoms with Crippen molar-refractivity contribution in [1.82, 2.24) is 14.5 Å². The second-order valence-corrected chi connectivity index (χ2v) is 7.14. The SMILES string of the molecule is O=S(=O)(c1ccccc1F)N1CCCC(Oc2cccnn2)C1. The smallest absolute Gasteiger partial charge is 0.246 e. The van der Waals surface area contributed by atoms with E-state index < -0.39 is 15.8 Å². The van der Waals surface area contributed by atoms with E-state index in [1.807, 2.05) is 0 Å². The van der Waals surface area contributed by atoms with Crippen LogP contribution in [0.5, 0.6) is 5.88 Å². The zero-order chi connectivity index (χ0) is 16.3. The molecular formula is C15H16FN3O3S. The number of halogens is 1. The number of nitrogens with zero attached hydrogens (tertiary/aromatic N) is 3. The summed E-state index contributed by atoms with van der Waals surface area (Å²) in [6, 6.07) is 8.75. The first-order valence-electron chi connectivity index (χ1n) is 7.26. The van der Waals surface area contributed by atoms with Crippen molar-refractivity contribution in [3.63, 3.8) is 0 Å². The molecule has 1 aromatic heterocycles. The van der Waals surface area contributed by atoms with Crippen LogP contribution in [0, 0.1) is 5.82 Å². The quantitative estimate of drug-likeness (QED) is 0.851. The van der Waals surface area contributed by atoms with Crippen LogP contribution in [-0.2, 0) is 10.0 Å². The molecule has 1 fully saturated rings. The number of piperidine rings is 1. The Morgan fingerprint density at radius 2 is 2.04 bits per heavy atom. The lowest BCUT2D eigenvalue weighted by Crippen LogP contribution is -2.44. The van der Waals surface area contributed by atoms with Crippen LogP contribution < -0.4 is 4.74 Å². The Balaban J connectivity index is 1.77. The molecule has 1 saturated heterocycles. The molecule has 0 amide bonds. The maximum Gasteiger partial charge on any atom is 0.246 e. The van der Waals surface area contributed by atoms with Gasteiger partial charge in [0.25, 0.3) is 0 Å². The molecule has 0 saturated carbocycles. The molecule has 3 rings (SSSR count). The summed E-state index contributed by atoms with van der Waals surface area (Å²) >= 11 is 0. The number of hydrogen-bond donors (Lipinski definition) is 0. The topological polar surface area (TPSA) is 72.4 Å². The highest BCUT2D eigenvalue weighted by molar-refractivity contribution is 7.89. The number of sulfonamides is 1. The maximum absolute atomic E-state index is 13.8. The molecule has 2 aromatic rings. The average molecular weight is 337 g/mol. The molecule has 1 aliphatic rings. The summed E-state index contributed by atoms with van der Waals surface area (Å²) in [4.78, 5) is -0.305. The summed E-state index contributed by atoms with van der Waals surface area (Å²) in [6.07, 6.45) is 2.54. The predicted octanol–water partition coefficient (Wildman–Crippen LogP) is 1.85. The fourth-order valence-electron chi connectivity index (χ4n) is 2.53. The first-order chi connectivity index (χ1) is 11.1. The Hall–Kier alpha value is -2.06. The van der Waals surface area contributed by atoms with Crippen molar-refractivity contribution < 1.29 is 17.5 Å². The van der Waals surface area contributed by atoms with E-state index in [4.69, 9.17) is 4.74 Å². The van der Waals surface area contributed by atoms with Gasteiger partial charge in [-0.15, -0.1) is 5.10 Å². The van der Waals surface area contributed by atoms with Crippen LogP contribution in [0.4, 0.5) is 4.39 Å². The second-order valence-electron chi connectivity index (χ2n) is 5.24. The Bertz CT molecular complexity index is 771. The molecule has 1 atom stereocenters. The van der Waals surface area contributed by atoms with Gasteiger partial charge in [-0.25, -0.2) is 12.8 Å². The van der Waals surface area contributed by atoms with E-state index in [9.17, 15) is 12.8 Å². The number of aromatic nitrogens is 2. The lowest BCUT2D eigenvalue weighted by atomic mass is 10.1. The van der Waals surface area contributed by atoms with Crippen LogP contribution >= 0.6 is 0 Å². The van der Waals surface area contributed by atoms with Crippen LogP contribution in [0.3, 0.4) is 0 Å². The molecule has 0 aliphatic carbocycles. The van der Waals surface area contributed by atoms with E-state index in [2.05, 4.69) is 10.2 Å². The Labute approximate surface area is 134 Å². The molecule has 1 aliphatic heterocycles. The largest absolute Gasteiger partial charge is 0.472 e. The molecule has 122 valence electrons. The van der Waals surface area contributed by atoms with E-state index in [1.165, 1.54) is 28.7 Å². The van der Waals surface area contributed by atoms with Gasteiger partial charge in [0.2, 0.25) is 15.9 Å². The van der Waals surface area contributed by atoms with E-state index in [-0.39, 0.29) is 17.5 Å². The fourth-order valence-corrected chi connectivity index (χ4v) is 4.11. The predicted molar refractivity (Wildman–Crippen MR) is 80.8 cm³/mol. The number of ether oxygens (including phenoxy) is 1. The third-order valence-corrected chi connectivity index (χ3v) is 5.53. The van der Waals surface area contributed by atoms with E-state index >= 15 is 0 Å². The molecule has 0 bridgehead atoms. The second kappa shape index (κ2) is 6.59. The molecule has 23 heavy (non-hydrogen) atoms. The third-order valence-electron chi connectivity index (χ3n) is 3.63. The minimum absolute atomic E-state index is 0.160. The molecule has 0 N–H and O–H groups in total. The molecule has 6 nitrogen and oxygen atoms in total. The minimum atomic E-state index is -3.88. The molecule has 0 radical (unpaired) electrons. The fraction of sp³-hybridized carbons (Fsp3) is 0.333. The van der Waals surface area contributed by atoms with Crippen molar-refractivity contribution in [2.45, 2.75) is 23.8 Å². The van der Waals surface area contributed by atoms with Crippen molar-refractivity contribution in [3.8, 4) is 5.88 Å². The van der Waals surface area contributed by atoms with E-state index in [0.29, 0.717) is 25.3 Å². The lowest BCUT2D eigenvalue weighted by molar-refractivity contribution is 0.123. The highest BCUT2D eigenvalue weighted by Gasteiger charge is 2.32. The Morgan fingerprint density at radius 1 is 1.22 bits per heavy atom. The first kappa shape index (κ1) is 15.8. The highest BCUT2D eigenvalue weighted by Crippen LogP contribution is 2.24. The lowest BCUT2D eigenvalue weighted by Gasteiger charge is -2.31. The van der Waals surface area contributed by atoms with Gasteiger partial charge in [0.05, 0.1) is 6.54 Å². The molecular weight excluding hydrogens is 321 g/mol. The first-order valence-corrected chi connectivity index (χ1v) is 8.70. The van der Waals surface area contributed by atoms with Crippen molar-refractivity contribution in [3.05, 3.63) is 48.4 Å². The van der Waals surface area contributed by atoms with Crippen molar-refractivity contribution in [1.29, 1.82) is 0 Å². The summed E-state index contributed by atoms with van der Waals surface area (Å²) < 4.78 is 46.0. The van der Waals surface area contributed by atoms with Crippen LogP contribution in [0.2, 0.25) is 0 Å². The van der Waals surface area contributed by atoms with Gasteiger partial charge in [-0.05, 0) is 31.0 Å². The number of rotatable bonds is 4. The van der Waals surface area contributed by atoms with Crippen LogP contribution in [0.15, 0.2) is 47.5 Å². The average Bonchev–Trinajstić information content (AvgIpc) is 2.56. The zero-order valence-electron chi connectivity index (χ0n) is 12.3. The summed E-state index contributed by atoms with van der Waals surface area (Å²) in [7, 11) is -3.88. The van der Waals surface area contributed by atoms with Gasteiger partial charge in [-0.2, -0.15) is 9.40 Å². The van der Waals surface area contributed by atoms with Crippen LogP contribution in [0.25, 0.3) is 0 Å². The normalized spacial score (nSPS) is 19.4. The third kappa shape index (κ3) is 3.48. The summed E-state index contributed by atoms with van der Waals surface area (Å²) in [5.41, 5.74) is 0. The standard InChI is InChI=1S/C15H16FN3O3S/c16-13-6-1-2-7-14(13)23(20,21)19-10-4-5-12(11-19)22-15-8-3-9-17-18-15/h1-3,6-9,12H,4-5,10-11H2. The van der Waals surface area contributed by atoms with Gasteiger partial charge < -0.3 is 4.74 Å². The van der Waals surface area contributed by atoms with Gasteiger partial charge >= 0.3 is 0 Å². The van der Waals surface area contributed by atoms with Gasteiger partial charge in [0, 0.05) is 18.8 Å². The van der Waals surface area contributed by atoms with Crippen molar-refractivity contribution in [2.24, 2.45) is 0 Å². The van der Waals surface area contributed by atoms with Gasteiger partial charge in [0.15, 0.2) is 0 Å². The summed E-state index contributed by atoms with van der Waals surface area (Å²) in [5.74, 6) is -0.396. The minimum Gasteiger partial charge on any atom is -0.472 e. The highest BCUT2D eigenvalue weighted by atomic mass is 32.2. The molecule has 0 spiro atoms. The Morgan fingerprint density at radius 3 is 2.78 bits per heavy atom. The summed E-state index contributed by atoms with van der Waals surface area (Å²) in [5, 5.41) is 7.55. The monoisotopic (exact) mass is 337 g/mol. The number of hydrogen-bond acceptors (Lipinski definition) is 5.